The second-order valence-electron chi connectivity index (χ2n) is 13.0. The molecular weight excluding hydrogens is 709 g/mol. The molecule has 5 heterocycles. The summed E-state index contributed by atoms with van der Waals surface area (Å²) in [5.41, 5.74) is 4.19. The number of hydrogen-bond acceptors (Lipinski definition) is 11. The van der Waals surface area contributed by atoms with E-state index in [0.717, 1.165) is 6.42 Å². The molecule has 0 saturated carbocycles. The number of nitrogens with one attached hydrogen (secondary N) is 4. The van der Waals surface area contributed by atoms with E-state index < -0.39 is 11.6 Å². The van der Waals surface area contributed by atoms with E-state index >= 15 is 0 Å². The van der Waals surface area contributed by atoms with Gasteiger partial charge in [-0.3, -0.25) is 29.8 Å². The molecule has 3 saturated heterocycles. The van der Waals surface area contributed by atoms with E-state index in [9.17, 15) is 14.4 Å². The van der Waals surface area contributed by atoms with E-state index in [1.807, 2.05) is 36.4 Å². The van der Waals surface area contributed by atoms with E-state index in [1.165, 1.54) is 0 Å². The van der Waals surface area contributed by atoms with Crippen LogP contribution in [0.3, 0.4) is 0 Å². The largest absolute Gasteiger partial charge is 0.480 e. The van der Waals surface area contributed by atoms with Crippen LogP contribution in [-0.4, -0.2) is 88.1 Å². The highest BCUT2D eigenvalue weighted by molar-refractivity contribution is 6.39. The first-order chi connectivity index (χ1) is 25.2. The minimum Gasteiger partial charge on any atom is -0.480 e. The SMILES string of the molecule is COc1nc(-c2cccc(-c3cccc(-c4cnc(CN5CCC6(CC5)NC(=O)NC6=O)c(OC)n4)c3Cl)c2Cl)cnc1CNC[C@@H]1CCC(=O)N1. The maximum atomic E-state index is 12.4. The van der Waals surface area contributed by atoms with Crippen molar-refractivity contribution in [2.75, 3.05) is 33.9 Å². The number of carbonyl (C=O) groups excluding carboxylic acids is 3. The summed E-state index contributed by atoms with van der Waals surface area (Å²) in [6.07, 6.45) is 5.67. The summed E-state index contributed by atoms with van der Waals surface area (Å²) in [4.78, 5) is 56.5. The molecule has 0 bridgehead atoms. The predicted octanol–water partition coefficient (Wildman–Crippen LogP) is 4.13. The molecule has 0 radical (unpaired) electrons. The number of aromatic nitrogens is 4. The lowest BCUT2D eigenvalue weighted by Crippen LogP contribution is -2.54. The van der Waals surface area contributed by atoms with Crippen LogP contribution in [0.25, 0.3) is 33.6 Å². The van der Waals surface area contributed by atoms with Crippen molar-refractivity contribution >= 4 is 41.0 Å². The van der Waals surface area contributed by atoms with Crippen molar-refractivity contribution in [1.82, 2.24) is 46.1 Å². The van der Waals surface area contributed by atoms with Gasteiger partial charge in [0.2, 0.25) is 17.7 Å². The molecule has 52 heavy (non-hydrogen) atoms. The summed E-state index contributed by atoms with van der Waals surface area (Å²) in [6, 6.07) is 10.9. The third kappa shape index (κ3) is 7.11. The number of amides is 4. The van der Waals surface area contributed by atoms with Gasteiger partial charge in [-0.2, -0.15) is 0 Å². The Kier molecular flexibility index (Phi) is 10.2. The zero-order valence-corrected chi connectivity index (χ0v) is 30.1. The number of halogens is 2. The quantitative estimate of drug-likeness (QED) is 0.163. The number of benzene rings is 2. The standard InChI is InChI=1S/C36H37Cl2N9O5/c1-51-32-27(16-39-15-20-9-10-29(48)42-20)40-17-25(43-32)23-7-3-5-21(30(23)37)22-6-4-8-24(31(22)38)26-18-41-28(33(44-26)52-2)19-47-13-11-36(12-14-47)34(49)45-35(50)46-36/h3-8,17-18,20,39H,9-16,19H2,1-2H3,(H,42,48)(H2,45,46,49,50)/t20-/m0/s1. The molecule has 2 aromatic carbocycles. The summed E-state index contributed by atoms with van der Waals surface area (Å²) >= 11 is 14.1. The van der Waals surface area contributed by atoms with Gasteiger partial charge in [-0.15, -0.1) is 0 Å². The number of nitrogens with zero attached hydrogens (tertiary/aromatic N) is 5. The Balaban J connectivity index is 1.08. The fraction of sp³-hybridized carbons (Fsp3) is 0.361. The smallest absolute Gasteiger partial charge is 0.322 e. The van der Waals surface area contributed by atoms with Gasteiger partial charge in [0.25, 0.3) is 5.91 Å². The van der Waals surface area contributed by atoms with Crippen LogP contribution < -0.4 is 30.7 Å². The number of likely N-dealkylation sites (tertiary alicyclic amines) is 1. The first-order valence-electron chi connectivity index (χ1n) is 16.9. The van der Waals surface area contributed by atoms with Crippen LogP contribution in [0.4, 0.5) is 4.79 Å². The van der Waals surface area contributed by atoms with E-state index in [1.54, 1.807) is 26.6 Å². The molecule has 4 N–H and O–H groups in total. The van der Waals surface area contributed by atoms with Gasteiger partial charge in [0.05, 0.1) is 48.0 Å². The molecule has 270 valence electrons. The third-order valence-electron chi connectivity index (χ3n) is 9.71. The molecule has 0 unspecified atom stereocenters. The van der Waals surface area contributed by atoms with Gasteiger partial charge in [0.1, 0.15) is 16.9 Å². The Morgan fingerprint density at radius 1 is 0.865 bits per heavy atom. The number of methoxy groups -OCH3 is 2. The van der Waals surface area contributed by atoms with Gasteiger partial charge in [0, 0.05) is 67.4 Å². The number of imide groups is 1. The van der Waals surface area contributed by atoms with Crippen molar-refractivity contribution in [3.05, 3.63) is 70.2 Å². The number of piperidine rings is 1. The first-order valence-corrected chi connectivity index (χ1v) is 17.7. The van der Waals surface area contributed by atoms with Gasteiger partial charge in [-0.25, -0.2) is 14.8 Å². The van der Waals surface area contributed by atoms with Gasteiger partial charge in [-0.05, 0) is 19.3 Å². The van der Waals surface area contributed by atoms with Crippen LogP contribution in [0.1, 0.15) is 37.1 Å². The number of ether oxygens (including phenoxy) is 2. The summed E-state index contributed by atoms with van der Waals surface area (Å²) in [5, 5.41) is 12.3. The zero-order chi connectivity index (χ0) is 36.4. The normalized spacial score (nSPS) is 18.3. The van der Waals surface area contributed by atoms with Crippen molar-refractivity contribution in [2.24, 2.45) is 0 Å². The van der Waals surface area contributed by atoms with Gasteiger partial charge < -0.3 is 25.4 Å². The average molecular weight is 747 g/mol. The van der Waals surface area contributed by atoms with Gasteiger partial charge >= 0.3 is 6.03 Å². The van der Waals surface area contributed by atoms with E-state index in [0.29, 0.717) is 119 Å². The Bertz CT molecular complexity index is 2040. The van der Waals surface area contributed by atoms with Crippen molar-refractivity contribution in [2.45, 2.75) is 50.4 Å². The Hall–Kier alpha value is -4.89. The number of carbonyl (C=O) groups is 3. The second-order valence-corrected chi connectivity index (χ2v) is 13.7. The maximum Gasteiger partial charge on any atom is 0.322 e. The molecule has 3 aliphatic heterocycles. The van der Waals surface area contributed by atoms with Crippen LogP contribution in [-0.2, 0) is 22.7 Å². The lowest BCUT2D eigenvalue weighted by molar-refractivity contribution is -0.125. The molecule has 1 atom stereocenters. The molecule has 3 aliphatic rings. The third-order valence-corrected chi connectivity index (χ3v) is 10.5. The molecule has 14 nitrogen and oxygen atoms in total. The summed E-state index contributed by atoms with van der Waals surface area (Å²) in [5.74, 6) is 0.538. The highest BCUT2D eigenvalue weighted by Gasteiger charge is 2.47. The zero-order valence-electron chi connectivity index (χ0n) is 28.6. The lowest BCUT2D eigenvalue weighted by Gasteiger charge is -2.36. The molecule has 0 aliphatic carbocycles. The average Bonchev–Trinajstić information content (AvgIpc) is 3.69. The van der Waals surface area contributed by atoms with E-state index in [4.69, 9.17) is 47.6 Å². The molecule has 3 fully saturated rings. The van der Waals surface area contributed by atoms with Crippen LogP contribution in [0.5, 0.6) is 11.8 Å². The Labute approximate surface area is 310 Å². The first kappa shape index (κ1) is 35.5. The molecule has 2 aromatic heterocycles. The number of urea groups is 1. The monoisotopic (exact) mass is 745 g/mol. The topological polar surface area (TPSA) is 173 Å². The van der Waals surface area contributed by atoms with Crippen LogP contribution >= 0.6 is 23.2 Å². The van der Waals surface area contributed by atoms with Crippen LogP contribution in [0.15, 0.2) is 48.8 Å². The van der Waals surface area contributed by atoms with Crippen molar-refractivity contribution in [3.8, 4) is 45.4 Å². The predicted molar refractivity (Wildman–Crippen MR) is 194 cm³/mol. The summed E-state index contributed by atoms with van der Waals surface area (Å²) < 4.78 is 11.2. The van der Waals surface area contributed by atoms with Crippen molar-refractivity contribution < 1.29 is 23.9 Å². The molecular formula is C36H37Cl2N9O5. The Morgan fingerprint density at radius 3 is 1.98 bits per heavy atom. The van der Waals surface area contributed by atoms with Crippen molar-refractivity contribution in [1.29, 1.82) is 0 Å². The van der Waals surface area contributed by atoms with Crippen LogP contribution in [0, 0.1) is 0 Å². The van der Waals surface area contributed by atoms with Crippen LogP contribution in [0.2, 0.25) is 10.0 Å². The van der Waals surface area contributed by atoms with Gasteiger partial charge in [-0.1, -0.05) is 59.6 Å². The van der Waals surface area contributed by atoms with E-state index in [-0.39, 0.29) is 17.9 Å². The highest BCUT2D eigenvalue weighted by atomic mass is 35.5. The number of hydrogen-bond donors (Lipinski definition) is 4. The molecule has 4 amide bonds. The minimum atomic E-state index is -0.850. The molecule has 4 aromatic rings. The highest BCUT2D eigenvalue weighted by Crippen LogP contribution is 2.42. The molecule has 7 rings (SSSR count). The molecule has 1 spiro atoms. The van der Waals surface area contributed by atoms with Gasteiger partial charge in [0.15, 0.2) is 0 Å². The van der Waals surface area contributed by atoms with Crippen molar-refractivity contribution in [3.63, 3.8) is 0 Å². The summed E-state index contributed by atoms with van der Waals surface area (Å²) in [6.45, 7) is 2.70. The Morgan fingerprint density at radius 2 is 1.44 bits per heavy atom. The van der Waals surface area contributed by atoms with E-state index in [2.05, 4.69) is 31.2 Å². The summed E-state index contributed by atoms with van der Waals surface area (Å²) in [7, 11) is 3.09. The number of rotatable bonds is 11. The fourth-order valence-electron chi connectivity index (χ4n) is 6.87. The fourth-order valence-corrected chi connectivity index (χ4v) is 7.52. The lowest BCUT2D eigenvalue weighted by atomic mass is 9.87. The maximum absolute atomic E-state index is 12.4. The second kappa shape index (κ2) is 15.0. The molecule has 16 heteroatoms. The minimum absolute atomic E-state index is 0.0735.